The summed E-state index contributed by atoms with van der Waals surface area (Å²) in [6.07, 6.45) is 1.23. The predicted molar refractivity (Wildman–Crippen MR) is 109 cm³/mol. The number of carbonyl (C=O) groups is 1. The van der Waals surface area contributed by atoms with Crippen molar-refractivity contribution in [2.75, 3.05) is 18.4 Å². The Kier molecular flexibility index (Phi) is 5.16. The molecule has 0 atom stereocenters. The molecule has 0 saturated carbocycles. The van der Waals surface area contributed by atoms with Crippen molar-refractivity contribution in [1.82, 2.24) is 4.90 Å². The minimum absolute atomic E-state index is 0. The van der Waals surface area contributed by atoms with E-state index in [0.717, 1.165) is 5.69 Å². The van der Waals surface area contributed by atoms with Crippen molar-refractivity contribution >= 4 is 29.8 Å². The highest BCUT2D eigenvalue weighted by atomic mass is 35.5. The topological polar surface area (TPSA) is 115 Å². The highest BCUT2D eigenvalue weighted by Crippen LogP contribution is 2.37. The lowest BCUT2D eigenvalue weighted by Gasteiger charge is -2.42. The quantitative estimate of drug-likeness (QED) is 0.683. The highest BCUT2D eigenvalue weighted by molar-refractivity contribution is 6.06. The number of phenolic OH excluding ortho intramolecular Hbond substituents is 1. The van der Waals surface area contributed by atoms with E-state index in [4.69, 9.17) is 11.0 Å². The zero-order chi connectivity index (χ0) is 19.0. The molecule has 2 aliphatic rings. The van der Waals surface area contributed by atoms with E-state index in [1.165, 1.54) is 0 Å². The fraction of sp³-hybridized carbons (Fsp3) is 0.250. The normalized spacial score (nSPS) is 16.8. The molecule has 1 fully saturated rings. The number of aromatic hydroxyl groups is 1. The zero-order valence-corrected chi connectivity index (χ0v) is 15.9. The van der Waals surface area contributed by atoms with Crippen LogP contribution in [0.4, 0.5) is 5.69 Å². The van der Waals surface area contributed by atoms with Crippen LogP contribution in [-0.2, 0) is 0 Å². The molecule has 8 heteroatoms. The first-order valence-electron chi connectivity index (χ1n) is 8.77. The van der Waals surface area contributed by atoms with Crippen LogP contribution in [0.25, 0.3) is 0 Å². The summed E-state index contributed by atoms with van der Waals surface area (Å²) in [6.45, 7) is 1.08. The first kappa shape index (κ1) is 19.5. The monoisotopic (exact) mass is 397 g/mol. The molecule has 2 heterocycles. The molecule has 28 heavy (non-hydrogen) atoms. The number of nitriles is 1. The number of amides is 1. The van der Waals surface area contributed by atoms with E-state index in [0.29, 0.717) is 48.5 Å². The fourth-order valence-electron chi connectivity index (χ4n) is 3.67. The Bertz CT molecular complexity index is 973. The van der Waals surface area contributed by atoms with Gasteiger partial charge in [-0.2, -0.15) is 5.26 Å². The molecule has 0 bridgehead atoms. The SMILES string of the molecule is Cl.N#Cc1ccc(C(=O)N2CCC3(CC2)N=C(N)c2c(O)cccc2N3)cc1. The number of piperidine rings is 1. The van der Waals surface area contributed by atoms with E-state index < -0.39 is 5.66 Å². The van der Waals surface area contributed by atoms with Gasteiger partial charge in [0.15, 0.2) is 0 Å². The van der Waals surface area contributed by atoms with E-state index in [2.05, 4.69) is 16.4 Å². The van der Waals surface area contributed by atoms with Crippen LogP contribution in [-0.4, -0.2) is 40.5 Å². The summed E-state index contributed by atoms with van der Waals surface area (Å²) >= 11 is 0. The number of nitrogens with two attached hydrogens (primary N) is 1. The molecule has 2 aromatic carbocycles. The second-order valence-corrected chi connectivity index (χ2v) is 6.83. The maximum atomic E-state index is 12.7. The van der Waals surface area contributed by atoms with Gasteiger partial charge in [0.05, 0.1) is 22.9 Å². The molecule has 4 rings (SSSR count). The Labute approximate surface area is 168 Å². The molecule has 1 saturated heterocycles. The molecule has 4 N–H and O–H groups in total. The van der Waals surface area contributed by atoms with E-state index in [1.54, 1.807) is 41.3 Å². The van der Waals surface area contributed by atoms with Crippen LogP contribution in [0.1, 0.15) is 34.3 Å². The molecule has 0 aliphatic carbocycles. The van der Waals surface area contributed by atoms with Crippen LogP contribution in [0.15, 0.2) is 47.5 Å². The van der Waals surface area contributed by atoms with E-state index in [9.17, 15) is 9.90 Å². The van der Waals surface area contributed by atoms with Gasteiger partial charge in [-0.3, -0.25) is 4.79 Å². The number of hydrogen-bond acceptors (Lipinski definition) is 6. The first-order chi connectivity index (χ1) is 13.0. The number of carbonyl (C=O) groups excluding carboxylic acids is 1. The molecule has 0 unspecified atom stereocenters. The summed E-state index contributed by atoms with van der Waals surface area (Å²) in [4.78, 5) is 19.1. The number of hydrogen-bond donors (Lipinski definition) is 3. The van der Waals surface area contributed by atoms with Gasteiger partial charge in [-0.25, -0.2) is 4.99 Å². The smallest absolute Gasteiger partial charge is 0.253 e. The molecule has 7 nitrogen and oxygen atoms in total. The summed E-state index contributed by atoms with van der Waals surface area (Å²) in [5.74, 6) is 0.360. The Hall–Kier alpha value is -3.24. The third-order valence-electron chi connectivity index (χ3n) is 5.14. The van der Waals surface area contributed by atoms with Crippen LogP contribution >= 0.6 is 12.4 Å². The van der Waals surface area contributed by atoms with Gasteiger partial charge in [0.2, 0.25) is 0 Å². The molecule has 0 aromatic heterocycles. The Morgan fingerprint density at radius 3 is 2.54 bits per heavy atom. The molecule has 1 amide bonds. The average molecular weight is 398 g/mol. The van der Waals surface area contributed by atoms with Gasteiger partial charge in [0, 0.05) is 31.5 Å². The lowest BCUT2D eigenvalue weighted by Crippen LogP contribution is -2.52. The lowest BCUT2D eigenvalue weighted by atomic mass is 9.93. The summed E-state index contributed by atoms with van der Waals surface area (Å²) < 4.78 is 0. The fourth-order valence-corrected chi connectivity index (χ4v) is 3.67. The van der Waals surface area contributed by atoms with Crippen LogP contribution in [0.3, 0.4) is 0 Å². The van der Waals surface area contributed by atoms with Crippen molar-refractivity contribution in [3.05, 3.63) is 59.2 Å². The summed E-state index contributed by atoms with van der Waals surface area (Å²) in [5.41, 5.74) is 7.93. The molecule has 0 radical (unpaired) electrons. The van der Waals surface area contributed by atoms with Gasteiger partial charge in [0.1, 0.15) is 17.2 Å². The minimum atomic E-state index is -0.563. The molecule has 144 valence electrons. The lowest BCUT2D eigenvalue weighted by molar-refractivity contribution is 0.0685. The van der Waals surface area contributed by atoms with Crippen molar-refractivity contribution in [1.29, 1.82) is 5.26 Å². The van der Waals surface area contributed by atoms with Crippen molar-refractivity contribution in [2.24, 2.45) is 10.7 Å². The third-order valence-corrected chi connectivity index (χ3v) is 5.14. The number of nitrogens with one attached hydrogen (secondary N) is 1. The van der Waals surface area contributed by atoms with Crippen LogP contribution < -0.4 is 11.1 Å². The number of aliphatic imine (C=N–C) groups is 1. The minimum Gasteiger partial charge on any atom is -0.507 e. The number of fused-ring (bicyclic) bond motifs is 1. The van der Waals surface area contributed by atoms with Crippen molar-refractivity contribution in [3.8, 4) is 11.8 Å². The van der Waals surface area contributed by atoms with Gasteiger partial charge < -0.3 is 21.1 Å². The molecular weight excluding hydrogens is 378 g/mol. The largest absolute Gasteiger partial charge is 0.507 e. The van der Waals surface area contributed by atoms with Gasteiger partial charge in [0.25, 0.3) is 5.91 Å². The number of benzene rings is 2. The Balaban J connectivity index is 0.00000225. The number of anilines is 1. The standard InChI is InChI=1S/C20H19N5O2.ClH/c21-12-13-4-6-14(7-5-13)19(27)25-10-8-20(9-11-25)23-15-2-1-3-16(26)17(15)18(22)24-20;/h1-7,23,26H,8-11H2,(H2,22,24);1H. The Morgan fingerprint density at radius 1 is 1.21 bits per heavy atom. The average Bonchev–Trinajstić information content (AvgIpc) is 2.68. The second-order valence-electron chi connectivity index (χ2n) is 6.83. The van der Waals surface area contributed by atoms with Gasteiger partial charge >= 0.3 is 0 Å². The molecule has 2 aromatic rings. The molecule has 2 aliphatic heterocycles. The number of likely N-dealkylation sites (tertiary alicyclic amines) is 1. The third kappa shape index (κ3) is 3.35. The zero-order valence-electron chi connectivity index (χ0n) is 15.1. The highest BCUT2D eigenvalue weighted by Gasteiger charge is 2.39. The van der Waals surface area contributed by atoms with Gasteiger partial charge in [-0.05, 0) is 36.4 Å². The predicted octanol–water partition coefficient (Wildman–Crippen LogP) is 2.45. The number of nitrogens with zero attached hydrogens (tertiary/aromatic N) is 3. The second kappa shape index (κ2) is 7.41. The number of phenols is 1. The van der Waals surface area contributed by atoms with Crippen LogP contribution in [0.5, 0.6) is 5.75 Å². The van der Waals surface area contributed by atoms with Crippen molar-refractivity contribution in [3.63, 3.8) is 0 Å². The van der Waals surface area contributed by atoms with Gasteiger partial charge in [-0.1, -0.05) is 6.07 Å². The number of halogens is 1. The van der Waals surface area contributed by atoms with Crippen molar-refractivity contribution in [2.45, 2.75) is 18.5 Å². The summed E-state index contributed by atoms with van der Waals surface area (Å²) in [6, 6.07) is 13.9. The van der Waals surface area contributed by atoms with E-state index >= 15 is 0 Å². The Morgan fingerprint density at radius 2 is 1.89 bits per heavy atom. The first-order valence-corrected chi connectivity index (χ1v) is 8.77. The number of rotatable bonds is 1. The molecular formula is C20H20ClN5O2. The van der Waals surface area contributed by atoms with Gasteiger partial charge in [-0.15, -0.1) is 12.4 Å². The molecule has 1 spiro atoms. The van der Waals surface area contributed by atoms with E-state index in [-0.39, 0.29) is 24.1 Å². The number of amidine groups is 1. The maximum absolute atomic E-state index is 12.7. The summed E-state index contributed by atoms with van der Waals surface area (Å²) in [5, 5.41) is 22.3. The van der Waals surface area contributed by atoms with E-state index in [1.807, 2.05) is 6.07 Å². The summed E-state index contributed by atoms with van der Waals surface area (Å²) in [7, 11) is 0. The van der Waals surface area contributed by atoms with Crippen LogP contribution in [0, 0.1) is 11.3 Å². The van der Waals surface area contributed by atoms with Crippen LogP contribution in [0.2, 0.25) is 0 Å². The van der Waals surface area contributed by atoms with Crippen molar-refractivity contribution < 1.29 is 9.90 Å². The maximum Gasteiger partial charge on any atom is 0.253 e.